The molecule has 2 rings (SSSR count). The Balaban J connectivity index is 1.89. The predicted molar refractivity (Wildman–Crippen MR) is 81.8 cm³/mol. The Kier molecular flexibility index (Phi) is 4.34. The highest BCUT2D eigenvalue weighted by atomic mass is 32.2. The lowest BCUT2D eigenvalue weighted by atomic mass is 10.2. The molecule has 1 aliphatic rings. The molecule has 6 heteroatoms. The summed E-state index contributed by atoms with van der Waals surface area (Å²) in [7, 11) is -3.05. The summed E-state index contributed by atoms with van der Waals surface area (Å²) in [6.07, 6.45) is 4.10. The Hall–Kier alpha value is -1.14. The number of sulfone groups is 1. The molecular formula is C14H23N3O2S. The fourth-order valence-electron chi connectivity index (χ4n) is 2.20. The Morgan fingerprint density at radius 2 is 2.20 bits per heavy atom. The van der Waals surface area contributed by atoms with Gasteiger partial charge in [-0.3, -0.25) is 0 Å². The van der Waals surface area contributed by atoms with E-state index in [4.69, 9.17) is 0 Å². The molecule has 0 radical (unpaired) electrons. The Morgan fingerprint density at radius 3 is 2.80 bits per heavy atom. The van der Waals surface area contributed by atoms with Crippen molar-refractivity contribution in [3.05, 3.63) is 24.4 Å². The molecule has 0 aliphatic carbocycles. The third-order valence-electron chi connectivity index (χ3n) is 3.98. The highest BCUT2D eigenvalue weighted by molar-refractivity contribution is 7.92. The SMILES string of the molecule is CC(C)(CN[C@@H]1CCN(c2ccccn2)C1)S(C)(=O)=O. The van der Waals surface area contributed by atoms with Crippen LogP contribution in [0.15, 0.2) is 24.4 Å². The normalized spacial score (nSPS) is 20.4. The average Bonchev–Trinajstić information content (AvgIpc) is 2.85. The largest absolute Gasteiger partial charge is 0.355 e. The number of nitrogens with zero attached hydrogens (tertiary/aromatic N) is 2. The van der Waals surface area contributed by atoms with Crippen LogP contribution in [0.5, 0.6) is 0 Å². The van der Waals surface area contributed by atoms with E-state index in [9.17, 15) is 8.42 Å². The standard InChI is InChI=1S/C14H23N3O2S/c1-14(2,20(3,18)19)11-16-12-7-9-17(10-12)13-6-4-5-8-15-13/h4-6,8,12,16H,7,9-11H2,1-3H3/t12-/m1/s1. The van der Waals surface area contributed by atoms with Crippen molar-refractivity contribution in [2.45, 2.75) is 31.1 Å². The van der Waals surface area contributed by atoms with Crippen molar-refractivity contribution in [3.8, 4) is 0 Å². The highest BCUT2D eigenvalue weighted by Gasteiger charge is 2.32. The molecule has 0 bridgehead atoms. The third kappa shape index (κ3) is 3.49. The molecule has 1 saturated heterocycles. The molecule has 1 aliphatic heterocycles. The second kappa shape index (κ2) is 5.69. The van der Waals surface area contributed by atoms with Gasteiger partial charge >= 0.3 is 0 Å². The zero-order chi connectivity index (χ0) is 14.8. The molecule has 0 unspecified atom stereocenters. The molecule has 20 heavy (non-hydrogen) atoms. The lowest BCUT2D eigenvalue weighted by molar-refractivity contribution is 0.481. The fraction of sp³-hybridized carbons (Fsp3) is 0.643. The van der Waals surface area contributed by atoms with E-state index < -0.39 is 14.6 Å². The van der Waals surface area contributed by atoms with Crippen molar-refractivity contribution in [1.29, 1.82) is 0 Å². The highest BCUT2D eigenvalue weighted by Crippen LogP contribution is 2.19. The van der Waals surface area contributed by atoms with Gasteiger partial charge in [-0.05, 0) is 32.4 Å². The first-order valence-electron chi connectivity index (χ1n) is 6.88. The van der Waals surface area contributed by atoms with Gasteiger partial charge in [0.25, 0.3) is 0 Å². The molecule has 0 saturated carbocycles. The summed E-state index contributed by atoms with van der Waals surface area (Å²) in [4.78, 5) is 6.57. The molecule has 1 atom stereocenters. The first kappa shape index (κ1) is 15.3. The lowest BCUT2D eigenvalue weighted by Crippen LogP contribution is -2.46. The maximum atomic E-state index is 11.7. The van der Waals surface area contributed by atoms with Gasteiger partial charge in [0.2, 0.25) is 0 Å². The summed E-state index contributed by atoms with van der Waals surface area (Å²) in [6, 6.07) is 6.21. The second-order valence-corrected chi connectivity index (χ2v) is 8.68. The van der Waals surface area contributed by atoms with E-state index in [0.717, 1.165) is 25.3 Å². The minimum Gasteiger partial charge on any atom is -0.355 e. The Morgan fingerprint density at radius 1 is 1.45 bits per heavy atom. The van der Waals surface area contributed by atoms with E-state index in [2.05, 4.69) is 15.2 Å². The van der Waals surface area contributed by atoms with Crippen molar-refractivity contribution in [2.75, 3.05) is 30.8 Å². The van der Waals surface area contributed by atoms with Crippen LogP contribution in [-0.4, -0.2) is 50.1 Å². The maximum absolute atomic E-state index is 11.7. The van der Waals surface area contributed by atoms with Crippen LogP contribution in [0.4, 0.5) is 5.82 Å². The molecule has 0 amide bonds. The molecule has 1 aromatic rings. The van der Waals surface area contributed by atoms with Crippen molar-refractivity contribution in [2.24, 2.45) is 0 Å². The van der Waals surface area contributed by atoms with Crippen LogP contribution in [0.2, 0.25) is 0 Å². The van der Waals surface area contributed by atoms with Crippen molar-refractivity contribution in [3.63, 3.8) is 0 Å². The van der Waals surface area contributed by atoms with Gasteiger partial charge in [0.05, 0.1) is 4.75 Å². The Labute approximate surface area is 121 Å². The molecule has 1 fully saturated rings. The van der Waals surface area contributed by atoms with Crippen LogP contribution in [0.1, 0.15) is 20.3 Å². The molecule has 2 heterocycles. The number of aromatic nitrogens is 1. The zero-order valence-corrected chi connectivity index (χ0v) is 13.2. The maximum Gasteiger partial charge on any atom is 0.153 e. The molecule has 1 N–H and O–H groups in total. The third-order valence-corrected chi connectivity index (χ3v) is 6.13. The molecular weight excluding hydrogens is 274 g/mol. The van der Waals surface area contributed by atoms with Crippen molar-refractivity contribution < 1.29 is 8.42 Å². The van der Waals surface area contributed by atoms with Gasteiger partial charge < -0.3 is 10.2 Å². The quantitative estimate of drug-likeness (QED) is 0.881. The second-order valence-electron chi connectivity index (χ2n) is 6.03. The molecule has 0 aromatic carbocycles. The zero-order valence-electron chi connectivity index (χ0n) is 12.3. The Bertz CT molecular complexity index is 543. The number of nitrogens with one attached hydrogen (secondary N) is 1. The number of pyridine rings is 1. The molecule has 0 spiro atoms. The van der Waals surface area contributed by atoms with Crippen molar-refractivity contribution >= 4 is 15.7 Å². The summed E-state index contributed by atoms with van der Waals surface area (Å²) < 4.78 is 22.6. The van der Waals surface area contributed by atoms with Gasteiger partial charge in [0, 0.05) is 38.1 Å². The van der Waals surface area contributed by atoms with Crippen LogP contribution in [0.3, 0.4) is 0 Å². The lowest BCUT2D eigenvalue weighted by Gasteiger charge is -2.25. The van der Waals surface area contributed by atoms with E-state index in [1.807, 2.05) is 18.2 Å². The summed E-state index contributed by atoms with van der Waals surface area (Å²) in [5.74, 6) is 0.985. The number of anilines is 1. The van der Waals surface area contributed by atoms with Gasteiger partial charge in [0.1, 0.15) is 5.82 Å². The minimum absolute atomic E-state index is 0.318. The van der Waals surface area contributed by atoms with Gasteiger partial charge in [-0.15, -0.1) is 0 Å². The van der Waals surface area contributed by atoms with E-state index in [1.165, 1.54) is 6.26 Å². The van der Waals surface area contributed by atoms with Gasteiger partial charge in [-0.2, -0.15) is 0 Å². The summed E-state index contributed by atoms with van der Waals surface area (Å²) in [6.45, 7) is 5.83. The van der Waals surface area contributed by atoms with Gasteiger partial charge in [-0.25, -0.2) is 13.4 Å². The monoisotopic (exact) mass is 297 g/mol. The van der Waals surface area contributed by atoms with Crippen LogP contribution < -0.4 is 10.2 Å². The van der Waals surface area contributed by atoms with Crippen LogP contribution >= 0.6 is 0 Å². The summed E-state index contributed by atoms with van der Waals surface area (Å²) >= 11 is 0. The number of rotatable bonds is 5. The number of hydrogen-bond acceptors (Lipinski definition) is 5. The predicted octanol–water partition coefficient (Wildman–Crippen LogP) is 1.07. The van der Waals surface area contributed by atoms with Crippen LogP contribution in [-0.2, 0) is 9.84 Å². The summed E-state index contributed by atoms with van der Waals surface area (Å²) in [5, 5.41) is 3.38. The van der Waals surface area contributed by atoms with E-state index in [-0.39, 0.29) is 0 Å². The van der Waals surface area contributed by atoms with Crippen LogP contribution in [0, 0.1) is 0 Å². The first-order valence-corrected chi connectivity index (χ1v) is 8.78. The van der Waals surface area contributed by atoms with E-state index in [1.54, 1.807) is 20.0 Å². The fourth-order valence-corrected chi connectivity index (χ4v) is 2.54. The molecule has 112 valence electrons. The first-order chi connectivity index (χ1) is 9.29. The van der Waals surface area contributed by atoms with Gasteiger partial charge in [0.15, 0.2) is 9.84 Å². The number of hydrogen-bond donors (Lipinski definition) is 1. The molecule has 1 aromatic heterocycles. The van der Waals surface area contributed by atoms with E-state index in [0.29, 0.717) is 12.6 Å². The molecule has 5 nitrogen and oxygen atoms in total. The minimum atomic E-state index is -3.05. The van der Waals surface area contributed by atoms with Gasteiger partial charge in [-0.1, -0.05) is 6.07 Å². The summed E-state index contributed by atoms with van der Waals surface area (Å²) in [5.41, 5.74) is 0. The average molecular weight is 297 g/mol. The topological polar surface area (TPSA) is 62.3 Å². The van der Waals surface area contributed by atoms with Crippen LogP contribution in [0.25, 0.3) is 0 Å². The smallest absolute Gasteiger partial charge is 0.153 e. The van der Waals surface area contributed by atoms with Crippen molar-refractivity contribution in [1.82, 2.24) is 10.3 Å². The van der Waals surface area contributed by atoms with E-state index >= 15 is 0 Å².